The summed E-state index contributed by atoms with van der Waals surface area (Å²) in [6.07, 6.45) is 7.47. The molecule has 0 aromatic heterocycles. The number of carboxylic acids is 1. The van der Waals surface area contributed by atoms with Crippen molar-refractivity contribution in [1.29, 1.82) is 0 Å². The highest BCUT2D eigenvalue weighted by atomic mass is 35.5. The van der Waals surface area contributed by atoms with Gasteiger partial charge in [-0.3, -0.25) is 0 Å². The second kappa shape index (κ2) is 9.58. The Morgan fingerprint density at radius 1 is 1.35 bits per heavy atom. The van der Waals surface area contributed by atoms with Crippen LogP contribution in [0.15, 0.2) is 35.9 Å². The monoisotopic (exact) mass is 338 g/mol. The van der Waals surface area contributed by atoms with Crippen LogP contribution in [-0.2, 0) is 9.53 Å². The van der Waals surface area contributed by atoms with Crippen molar-refractivity contribution < 1.29 is 19.4 Å². The molecule has 0 saturated heterocycles. The summed E-state index contributed by atoms with van der Waals surface area (Å²) in [5.41, 5.74) is 1.45. The van der Waals surface area contributed by atoms with Crippen LogP contribution in [0.1, 0.15) is 32.1 Å². The van der Waals surface area contributed by atoms with Gasteiger partial charge in [0.25, 0.3) is 0 Å². The fourth-order valence-electron chi connectivity index (χ4n) is 2.76. The molecule has 1 aliphatic carbocycles. The van der Waals surface area contributed by atoms with E-state index >= 15 is 0 Å². The summed E-state index contributed by atoms with van der Waals surface area (Å²) < 4.78 is 10.9. The maximum Gasteiger partial charge on any atom is 0.329 e. The minimum atomic E-state index is -0.915. The molecule has 126 valence electrons. The fourth-order valence-corrected chi connectivity index (χ4v) is 2.95. The van der Waals surface area contributed by atoms with Crippen LogP contribution < -0.4 is 4.74 Å². The third kappa shape index (κ3) is 6.63. The second-order valence-electron chi connectivity index (χ2n) is 5.73. The Balaban J connectivity index is 1.65. The van der Waals surface area contributed by atoms with Crippen LogP contribution in [0.4, 0.5) is 0 Å². The highest BCUT2D eigenvalue weighted by Gasteiger charge is 2.19. The lowest BCUT2D eigenvalue weighted by atomic mass is 9.98. The number of unbranched alkanes of at least 4 members (excludes halogenated alkanes) is 1. The molecule has 0 spiro atoms. The van der Waals surface area contributed by atoms with E-state index in [-0.39, 0.29) is 6.61 Å². The van der Waals surface area contributed by atoms with Crippen molar-refractivity contribution in [3.63, 3.8) is 0 Å². The van der Waals surface area contributed by atoms with Gasteiger partial charge in [-0.25, -0.2) is 4.79 Å². The zero-order valence-corrected chi connectivity index (χ0v) is 13.9. The third-order valence-electron chi connectivity index (χ3n) is 3.92. The Bertz CT molecular complexity index is 542. The summed E-state index contributed by atoms with van der Waals surface area (Å²) in [5, 5.41) is 9.18. The molecular formula is C18H23ClO4. The molecule has 5 heteroatoms. The standard InChI is InChI=1S/C18H23ClO4/c19-16-8-4-9-17(11-16)23-12-15-7-3-6-14(15)5-1-2-10-22-13-18(20)21/h4,6,8-9,11,15H,1-3,5,7,10,12-13H2,(H,20,21)/t15-/m1/s1. The van der Waals surface area contributed by atoms with Crippen LogP contribution in [0.3, 0.4) is 0 Å². The lowest BCUT2D eigenvalue weighted by Gasteiger charge is -2.16. The van der Waals surface area contributed by atoms with E-state index in [1.807, 2.05) is 24.3 Å². The largest absolute Gasteiger partial charge is 0.493 e. The Morgan fingerprint density at radius 3 is 3.00 bits per heavy atom. The fraction of sp³-hybridized carbons (Fsp3) is 0.500. The molecule has 1 aliphatic rings. The average Bonchev–Trinajstić information content (AvgIpc) is 2.96. The number of benzene rings is 1. The van der Waals surface area contributed by atoms with Crippen LogP contribution >= 0.6 is 11.6 Å². The molecule has 0 fully saturated rings. The number of aliphatic carboxylic acids is 1. The van der Waals surface area contributed by atoms with Gasteiger partial charge in [-0.1, -0.05) is 29.3 Å². The smallest absolute Gasteiger partial charge is 0.329 e. The number of halogens is 1. The first-order valence-electron chi connectivity index (χ1n) is 8.02. The first-order valence-corrected chi connectivity index (χ1v) is 8.40. The Kier molecular flexibility index (Phi) is 7.43. The molecule has 2 rings (SSSR count). The van der Waals surface area contributed by atoms with E-state index in [1.54, 1.807) is 0 Å². The lowest BCUT2D eigenvalue weighted by Crippen LogP contribution is -2.12. The van der Waals surface area contributed by atoms with Gasteiger partial charge in [0.1, 0.15) is 12.4 Å². The SMILES string of the molecule is O=C(O)COCCCCC1=CCC[C@@H]1COc1cccc(Cl)c1. The van der Waals surface area contributed by atoms with E-state index in [9.17, 15) is 4.79 Å². The van der Waals surface area contributed by atoms with Crippen LogP contribution in [0.5, 0.6) is 5.75 Å². The van der Waals surface area contributed by atoms with Crippen LogP contribution in [0, 0.1) is 5.92 Å². The van der Waals surface area contributed by atoms with Crippen molar-refractivity contribution in [2.24, 2.45) is 5.92 Å². The predicted molar refractivity (Wildman–Crippen MR) is 90.1 cm³/mol. The van der Waals surface area contributed by atoms with Gasteiger partial charge >= 0.3 is 5.97 Å². The van der Waals surface area contributed by atoms with Gasteiger partial charge in [0.15, 0.2) is 0 Å². The summed E-state index contributed by atoms with van der Waals surface area (Å²) in [5.74, 6) is 0.362. The minimum absolute atomic E-state index is 0.210. The van der Waals surface area contributed by atoms with Gasteiger partial charge in [0.2, 0.25) is 0 Å². The Hall–Kier alpha value is -1.52. The summed E-state index contributed by atoms with van der Waals surface area (Å²) in [4.78, 5) is 10.3. The zero-order valence-electron chi connectivity index (χ0n) is 13.2. The van der Waals surface area contributed by atoms with Crippen molar-refractivity contribution in [3.8, 4) is 5.75 Å². The Labute approximate surface area is 142 Å². The maximum atomic E-state index is 10.3. The molecule has 23 heavy (non-hydrogen) atoms. The van der Waals surface area contributed by atoms with Gasteiger partial charge in [0.05, 0.1) is 6.61 Å². The molecule has 0 heterocycles. The second-order valence-corrected chi connectivity index (χ2v) is 6.16. The summed E-state index contributed by atoms with van der Waals surface area (Å²) in [6, 6.07) is 7.48. The van der Waals surface area contributed by atoms with E-state index < -0.39 is 5.97 Å². The number of allylic oxidation sites excluding steroid dienone is 1. The number of rotatable bonds is 10. The zero-order chi connectivity index (χ0) is 16.5. The van der Waals surface area contributed by atoms with E-state index in [4.69, 9.17) is 26.2 Å². The van der Waals surface area contributed by atoms with Crippen molar-refractivity contribution in [2.45, 2.75) is 32.1 Å². The van der Waals surface area contributed by atoms with E-state index in [0.717, 1.165) is 37.9 Å². The predicted octanol–water partition coefficient (Wildman–Crippen LogP) is 4.33. The van der Waals surface area contributed by atoms with Gasteiger partial charge in [-0.15, -0.1) is 0 Å². The molecule has 1 aromatic carbocycles. The number of hydrogen-bond donors (Lipinski definition) is 1. The van der Waals surface area contributed by atoms with Gasteiger partial charge < -0.3 is 14.6 Å². The minimum Gasteiger partial charge on any atom is -0.493 e. The van der Waals surface area contributed by atoms with Gasteiger partial charge in [-0.05, 0) is 50.3 Å². The van der Waals surface area contributed by atoms with Gasteiger partial charge in [0, 0.05) is 17.5 Å². The van der Waals surface area contributed by atoms with E-state index in [0.29, 0.717) is 24.2 Å². The van der Waals surface area contributed by atoms with Gasteiger partial charge in [-0.2, -0.15) is 0 Å². The Morgan fingerprint density at radius 2 is 2.22 bits per heavy atom. The number of carbonyl (C=O) groups is 1. The van der Waals surface area contributed by atoms with E-state index in [2.05, 4.69) is 6.08 Å². The molecule has 1 aromatic rings. The molecule has 0 amide bonds. The average molecular weight is 339 g/mol. The molecule has 4 nitrogen and oxygen atoms in total. The molecule has 0 aliphatic heterocycles. The maximum absolute atomic E-state index is 10.3. The van der Waals surface area contributed by atoms with Crippen molar-refractivity contribution in [1.82, 2.24) is 0 Å². The highest BCUT2D eigenvalue weighted by molar-refractivity contribution is 6.30. The summed E-state index contributed by atoms with van der Waals surface area (Å²) >= 11 is 5.96. The molecule has 0 bridgehead atoms. The lowest BCUT2D eigenvalue weighted by molar-refractivity contribution is -0.142. The van der Waals surface area contributed by atoms with E-state index in [1.165, 1.54) is 5.57 Å². The molecule has 0 radical (unpaired) electrons. The van der Waals surface area contributed by atoms with Crippen LogP contribution in [0.25, 0.3) is 0 Å². The van der Waals surface area contributed by atoms with Crippen molar-refractivity contribution in [2.75, 3.05) is 19.8 Å². The van der Waals surface area contributed by atoms with Crippen molar-refractivity contribution in [3.05, 3.63) is 40.9 Å². The molecule has 1 N–H and O–H groups in total. The molecular weight excluding hydrogens is 316 g/mol. The number of carboxylic acid groups (broad SMARTS) is 1. The van der Waals surface area contributed by atoms with Crippen molar-refractivity contribution >= 4 is 17.6 Å². The number of ether oxygens (including phenoxy) is 2. The summed E-state index contributed by atoms with van der Waals surface area (Å²) in [7, 11) is 0. The normalized spacial score (nSPS) is 17.1. The molecule has 0 saturated carbocycles. The first kappa shape index (κ1) is 17.8. The third-order valence-corrected chi connectivity index (χ3v) is 4.16. The summed E-state index contributed by atoms with van der Waals surface area (Å²) in [6.45, 7) is 0.976. The quantitative estimate of drug-likeness (QED) is 0.509. The topological polar surface area (TPSA) is 55.8 Å². The van der Waals surface area contributed by atoms with Crippen LogP contribution in [0.2, 0.25) is 5.02 Å². The van der Waals surface area contributed by atoms with Crippen LogP contribution in [-0.4, -0.2) is 30.9 Å². The number of hydrogen-bond acceptors (Lipinski definition) is 3. The molecule has 1 atom stereocenters. The highest BCUT2D eigenvalue weighted by Crippen LogP contribution is 2.30. The first-order chi connectivity index (χ1) is 11.1. The molecule has 0 unspecified atom stereocenters.